The lowest BCUT2D eigenvalue weighted by atomic mass is 9.79. The fourth-order valence-electron chi connectivity index (χ4n) is 2.86. The van der Waals surface area contributed by atoms with Crippen molar-refractivity contribution in [2.24, 2.45) is 0 Å². The van der Waals surface area contributed by atoms with Crippen molar-refractivity contribution < 1.29 is 27.6 Å². The molecule has 3 rings (SSSR count). The van der Waals surface area contributed by atoms with Crippen LogP contribution in [0.4, 0.5) is 11.4 Å². The molecular weight excluding hydrogens is 371 g/mol. The van der Waals surface area contributed by atoms with Gasteiger partial charge >= 0.3 is 13.1 Å². The molecule has 27 heavy (non-hydrogen) atoms. The molecule has 1 aliphatic heterocycles. The summed E-state index contributed by atoms with van der Waals surface area (Å²) in [6.07, 6.45) is -0.216. The summed E-state index contributed by atoms with van der Waals surface area (Å²) in [6.45, 7) is 2.13. The first kappa shape index (κ1) is 19.2. The van der Waals surface area contributed by atoms with Gasteiger partial charge in [0.2, 0.25) is 0 Å². The van der Waals surface area contributed by atoms with Crippen LogP contribution in [0, 0.1) is 0 Å². The standard InChI is InChI=1S/C17H19BN2O6S/c1-2-25-17(21)8-12-7-13(19)4-6-16(12)27(23,24)20-14-5-3-11-10-26-18(22)15(11)9-14/h3-7,9,20,22H,2,8,10,19H2,1H3. The number of nitrogens with one attached hydrogen (secondary N) is 1. The molecule has 0 bridgehead atoms. The minimum atomic E-state index is -3.99. The summed E-state index contributed by atoms with van der Waals surface area (Å²) in [5.41, 5.74) is 7.90. The summed E-state index contributed by atoms with van der Waals surface area (Å²) in [4.78, 5) is 11.7. The van der Waals surface area contributed by atoms with Gasteiger partial charge in [0.05, 0.1) is 24.5 Å². The number of hydrogen-bond acceptors (Lipinski definition) is 7. The molecule has 1 heterocycles. The molecule has 0 saturated heterocycles. The lowest BCUT2D eigenvalue weighted by Gasteiger charge is -2.13. The molecule has 0 spiro atoms. The fourth-order valence-corrected chi connectivity index (χ4v) is 4.13. The fraction of sp³-hybridized carbons (Fsp3) is 0.235. The Kier molecular flexibility index (Phi) is 5.40. The summed E-state index contributed by atoms with van der Waals surface area (Å²) in [5.74, 6) is -0.544. The number of sulfonamides is 1. The van der Waals surface area contributed by atoms with Crippen LogP contribution in [0.5, 0.6) is 0 Å². The first-order valence-electron chi connectivity index (χ1n) is 8.29. The quantitative estimate of drug-likeness (QED) is 0.370. The Hall–Kier alpha value is -2.56. The Morgan fingerprint density at radius 2 is 2.11 bits per heavy atom. The third kappa shape index (κ3) is 4.24. The van der Waals surface area contributed by atoms with Gasteiger partial charge < -0.3 is 20.1 Å². The van der Waals surface area contributed by atoms with Gasteiger partial charge in [-0.2, -0.15) is 0 Å². The Labute approximate surface area is 157 Å². The van der Waals surface area contributed by atoms with E-state index in [1.165, 1.54) is 24.3 Å². The van der Waals surface area contributed by atoms with Gasteiger partial charge in [0, 0.05) is 11.4 Å². The van der Waals surface area contributed by atoms with Crippen molar-refractivity contribution in [3.63, 3.8) is 0 Å². The summed E-state index contributed by atoms with van der Waals surface area (Å²) < 4.78 is 38.2. The maximum atomic E-state index is 12.9. The SMILES string of the molecule is CCOC(=O)Cc1cc(N)ccc1S(=O)(=O)Nc1ccc2c(c1)B(O)OC2. The number of benzene rings is 2. The van der Waals surface area contributed by atoms with Crippen molar-refractivity contribution in [2.45, 2.75) is 24.8 Å². The summed E-state index contributed by atoms with van der Waals surface area (Å²) in [5, 5.41) is 9.78. The van der Waals surface area contributed by atoms with E-state index < -0.39 is 23.1 Å². The number of carbonyl (C=O) groups is 1. The van der Waals surface area contributed by atoms with Crippen molar-refractivity contribution in [1.29, 1.82) is 0 Å². The minimum Gasteiger partial charge on any atom is -0.466 e. The van der Waals surface area contributed by atoms with E-state index >= 15 is 0 Å². The van der Waals surface area contributed by atoms with Gasteiger partial charge in [-0.3, -0.25) is 9.52 Å². The molecule has 8 nitrogen and oxygen atoms in total. The molecule has 2 aromatic rings. The van der Waals surface area contributed by atoms with Crippen LogP contribution in [0.3, 0.4) is 0 Å². The maximum absolute atomic E-state index is 12.9. The highest BCUT2D eigenvalue weighted by atomic mass is 32.2. The highest BCUT2D eigenvalue weighted by molar-refractivity contribution is 7.92. The Morgan fingerprint density at radius 1 is 1.33 bits per heavy atom. The zero-order valence-corrected chi connectivity index (χ0v) is 15.5. The zero-order valence-electron chi connectivity index (χ0n) is 14.6. The highest BCUT2D eigenvalue weighted by Gasteiger charge is 2.28. The van der Waals surface area contributed by atoms with Gasteiger partial charge in [-0.1, -0.05) is 6.07 Å². The third-order valence-corrected chi connectivity index (χ3v) is 5.56. The molecule has 0 unspecified atom stereocenters. The Morgan fingerprint density at radius 3 is 2.85 bits per heavy atom. The van der Waals surface area contributed by atoms with Crippen molar-refractivity contribution in [2.75, 3.05) is 17.1 Å². The molecule has 0 aliphatic carbocycles. The van der Waals surface area contributed by atoms with E-state index in [-0.39, 0.29) is 35.8 Å². The van der Waals surface area contributed by atoms with Gasteiger partial charge in [0.1, 0.15) is 0 Å². The van der Waals surface area contributed by atoms with Gasteiger partial charge in [-0.25, -0.2) is 8.42 Å². The number of fused-ring (bicyclic) bond motifs is 1. The number of rotatable bonds is 6. The van der Waals surface area contributed by atoms with Gasteiger partial charge in [-0.05, 0) is 53.8 Å². The van der Waals surface area contributed by atoms with Gasteiger partial charge in [0.25, 0.3) is 10.0 Å². The third-order valence-electron chi connectivity index (χ3n) is 4.08. The molecule has 0 atom stereocenters. The van der Waals surface area contributed by atoms with Crippen LogP contribution in [0.15, 0.2) is 41.3 Å². The molecule has 0 aromatic heterocycles. The topological polar surface area (TPSA) is 128 Å². The number of esters is 1. The second kappa shape index (κ2) is 7.59. The molecule has 0 saturated carbocycles. The Balaban J connectivity index is 1.91. The number of anilines is 2. The van der Waals surface area contributed by atoms with Crippen LogP contribution in [0.2, 0.25) is 0 Å². The molecule has 1 aliphatic rings. The second-order valence-electron chi connectivity index (χ2n) is 6.03. The van der Waals surface area contributed by atoms with E-state index in [0.29, 0.717) is 11.2 Å². The predicted octanol–water partition coefficient (Wildman–Crippen LogP) is 0.393. The largest absolute Gasteiger partial charge is 0.491 e. The van der Waals surface area contributed by atoms with Crippen LogP contribution in [-0.2, 0) is 37.2 Å². The summed E-state index contributed by atoms with van der Waals surface area (Å²) >= 11 is 0. The zero-order chi connectivity index (χ0) is 19.6. The summed E-state index contributed by atoms with van der Waals surface area (Å²) in [7, 11) is -5.07. The van der Waals surface area contributed by atoms with Gasteiger partial charge in [0.15, 0.2) is 0 Å². The van der Waals surface area contributed by atoms with Crippen molar-refractivity contribution >= 4 is 39.9 Å². The van der Waals surface area contributed by atoms with Crippen LogP contribution < -0.4 is 15.9 Å². The molecule has 0 amide bonds. The van der Waals surface area contributed by atoms with Crippen LogP contribution >= 0.6 is 0 Å². The van der Waals surface area contributed by atoms with E-state index in [1.54, 1.807) is 19.1 Å². The van der Waals surface area contributed by atoms with E-state index in [2.05, 4.69) is 4.72 Å². The average molecular weight is 390 g/mol. The highest BCUT2D eigenvalue weighted by Crippen LogP contribution is 2.23. The van der Waals surface area contributed by atoms with Crippen LogP contribution in [0.25, 0.3) is 0 Å². The van der Waals surface area contributed by atoms with Crippen molar-refractivity contribution in [1.82, 2.24) is 0 Å². The molecular formula is C17H19BN2O6S. The number of ether oxygens (including phenoxy) is 1. The normalized spacial score (nSPS) is 13.3. The lowest BCUT2D eigenvalue weighted by molar-refractivity contribution is -0.142. The number of hydrogen-bond donors (Lipinski definition) is 3. The molecule has 0 radical (unpaired) electrons. The van der Waals surface area contributed by atoms with E-state index in [0.717, 1.165) is 5.56 Å². The smallest absolute Gasteiger partial charge is 0.466 e. The van der Waals surface area contributed by atoms with Gasteiger partial charge in [-0.15, -0.1) is 0 Å². The van der Waals surface area contributed by atoms with Crippen LogP contribution in [0.1, 0.15) is 18.1 Å². The molecule has 142 valence electrons. The van der Waals surface area contributed by atoms with Crippen LogP contribution in [-0.4, -0.2) is 33.1 Å². The lowest BCUT2D eigenvalue weighted by Crippen LogP contribution is -2.28. The molecule has 10 heteroatoms. The first-order valence-corrected chi connectivity index (χ1v) is 9.78. The monoisotopic (exact) mass is 390 g/mol. The van der Waals surface area contributed by atoms with E-state index in [9.17, 15) is 18.2 Å². The number of nitrogen functional groups attached to an aromatic ring is 1. The van der Waals surface area contributed by atoms with Crippen molar-refractivity contribution in [3.05, 3.63) is 47.5 Å². The Bertz CT molecular complexity index is 979. The van der Waals surface area contributed by atoms with Crippen molar-refractivity contribution in [3.8, 4) is 0 Å². The number of nitrogens with two attached hydrogens (primary N) is 1. The predicted molar refractivity (Wildman–Crippen MR) is 101 cm³/mol. The minimum absolute atomic E-state index is 0.0675. The molecule has 0 fully saturated rings. The molecule has 4 N–H and O–H groups in total. The first-order chi connectivity index (χ1) is 12.8. The van der Waals surface area contributed by atoms with E-state index in [1.807, 2.05) is 0 Å². The average Bonchev–Trinajstić information content (AvgIpc) is 2.95. The van der Waals surface area contributed by atoms with E-state index in [4.69, 9.17) is 15.1 Å². The molecule has 2 aromatic carbocycles. The number of carbonyl (C=O) groups excluding carboxylic acids is 1. The maximum Gasteiger partial charge on any atom is 0.491 e. The second-order valence-corrected chi connectivity index (χ2v) is 7.68. The summed E-state index contributed by atoms with van der Waals surface area (Å²) in [6, 6.07) is 9.02.